The Balaban J connectivity index is 2.36. The van der Waals surface area contributed by atoms with Gasteiger partial charge in [0.2, 0.25) is 0 Å². The molecule has 1 aliphatic rings. The van der Waals surface area contributed by atoms with Crippen LogP contribution in [0.2, 0.25) is 0 Å². The van der Waals surface area contributed by atoms with Crippen LogP contribution in [0.1, 0.15) is 29.9 Å². The highest BCUT2D eigenvalue weighted by Gasteiger charge is 2.47. The van der Waals surface area contributed by atoms with Crippen molar-refractivity contribution in [2.45, 2.75) is 24.7 Å². The number of hydrogen-bond acceptors (Lipinski definition) is 2. The fraction of sp³-hybridized carbons (Fsp3) is 0.312. The number of fused-ring (bicyclic) bond motifs is 3. The van der Waals surface area contributed by atoms with Gasteiger partial charge in [-0.2, -0.15) is 0 Å². The molecule has 0 radical (unpaired) electrons. The molecule has 2 aromatic rings. The van der Waals surface area contributed by atoms with Crippen molar-refractivity contribution in [3.8, 4) is 11.1 Å². The predicted octanol–water partition coefficient (Wildman–Crippen LogP) is 3.44. The van der Waals surface area contributed by atoms with Gasteiger partial charge in [-0.1, -0.05) is 13.0 Å². The first-order chi connectivity index (χ1) is 10.4. The van der Waals surface area contributed by atoms with E-state index < -0.39 is 24.3 Å². The molecule has 0 saturated heterocycles. The quantitative estimate of drug-likeness (QED) is 0.738. The number of rotatable bonds is 2. The van der Waals surface area contributed by atoms with E-state index in [2.05, 4.69) is 27.6 Å². The maximum Gasteiger partial charge on any atom is 0.267 e. The van der Waals surface area contributed by atoms with Crippen LogP contribution in [0, 0.1) is 3.57 Å². The maximum atomic E-state index is 14.4. The van der Waals surface area contributed by atoms with Gasteiger partial charge in [0.05, 0.1) is 18.0 Å². The predicted molar refractivity (Wildman–Crippen MR) is 90.4 cm³/mol. The highest BCUT2D eigenvalue weighted by atomic mass is 127. The van der Waals surface area contributed by atoms with Gasteiger partial charge in [-0.25, -0.2) is 8.78 Å². The van der Waals surface area contributed by atoms with E-state index in [4.69, 9.17) is 5.73 Å². The largest absolute Gasteiger partial charge is 0.329 e. The highest BCUT2D eigenvalue weighted by Crippen LogP contribution is 2.51. The molecule has 1 aliphatic carbocycles. The molecule has 0 saturated carbocycles. The lowest BCUT2D eigenvalue weighted by Crippen LogP contribution is -2.39. The van der Waals surface area contributed by atoms with E-state index in [9.17, 15) is 13.6 Å². The minimum Gasteiger partial charge on any atom is -0.329 e. The maximum absolute atomic E-state index is 14.4. The van der Waals surface area contributed by atoms with Gasteiger partial charge in [0.15, 0.2) is 0 Å². The monoisotopic (exact) mass is 416 g/mol. The number of benzene rings is 1. The lowest BCUT2D eigenvalue weighted by atomic mass is 9.70. The van der Waals surface area contributed by atoms with E-state index in [1.54, 1.807) is 31.2 Å². The zero-order valence-electron chi connectivity index (χ0n) is 11.9. The average Bonchev–Trinajstić information content (AvgIpc) is 2.48. The lowest BCUT2D eigenvalue weighted by Gasteiger charge is -2.37. The first kappa shape index (κ1) is 15.6. The van der Waals surface area contributed by atoms with Gasteiger partial charge in [0.25, 0.3) is 11.5 Å². The summed E-state index contributed by atoms with van der Waals surface area (Å²) in [5, 5.41) is 0. The fourth-order valence-electron chi connectivity index (χ4n) is 3.34. The van der Waals surface area contributed by atoms with Gasteiger partial charge < -0.3 is 10.7 Å². The van der Waals surface area contributed by atoms with Gasteiger partial charge in [0.1, 0.15) is 0 Å². The number of aromatic amines is 1. The Morgan fingerprint density at radius 3 is 2.73 bits per heavy atom. The van der Waals surface area contributed by atoms with Crippen molar-refractivity contribution in [2.75, 3.05) is 6.54 Å². The molecule has 0 amide bonds. The number of nitrogens with two attached hydrogens (primary N) is 1. The van der Waals surface area contributed by atoms with Crippen LogP contribution in [0.25, 0.3) is 11.1 Å². The van der Waals surface area contributed by atoms with Crippen molar-refractivity contribution < 1.29 is 8.78 Å². The second kappa shape index (κ2) is 5.42. The Morgan fingerprint density at radius 2 is 2.05 bits per heavy atom. The summed E-state index contributed by atoms with van der Waals surface area (Å²) >= 11 is 2.11. The summed E-state index contributed by atoms with van der Waals surface area (Å²) in [7, 11) is 0. The van der Waals surface area contributed by atoms with Gasteiger partial charge in [-0.15, -0.1) is 0 Å². The molecule has 0 spiro atoms. The summed E-state index contributed by atoms with van der Waals surface area (Å²) in [6, 6.07) is 6.98. The molecular formula is C16H15F2IN2O. The van der Waals surface area contributed by atoms with Crippen LogP contribution >= 0.6 is 22.6 Å². The van der Waals surface area contributed by atoms with E-state index in [0.717, 1.165) is 3.57 Å². The molecule has 3 N–H and O–H groups in total. The fourth-order valence-corrected chi connectivity index (χ4v) is 3.83. The number of pyridine rings is 1. The zero-order chi connectivity index (χ0) is 16.1. The molecule has 0 aliphatic heterocycles. The molecule has 1 heterocycles. The summed E-state index contributed by atoms with van der Waals surface area (Å²) in [4.78, 5) is 14.9. The van der Waals surface area contributed by atoms with Gasteiger partial charge in [0, 0.05) is 9.77 Å². The molecule has 2 atom stereocenters. The van der Waals surface area contributed by atoms with Gasteiger partial charge in [-0.05, 0) is 63.4 Å². The van der Waals surface area contributed by atoms with E-state index >= 15 is 0 Å². The Bertz CT molecular complexity index is 788. The van der Waals surface area contributed by atoms with Crippen LogP contribution in [-0.2, 0) is 0 Å². The smallest absolute Gasteiger partial charge is 0.267 e. The van der Waals surface area contributed by atoms with Crippen LogP contribution in [0.3, 0.4) is 0 Å². The molecule has 0 bridgehead atoms. The van der Waals surface area contributed by atoms with Crippen molar-refractivity contribution in [3.63, 3.8) is 0 Å². The first-order valence-electron chi connectivity index (χ1n) is 6.96. The third-order valence-electron chi connectivity index (χ3n) is 4.33. The second-order valence-electron chi connectivity index (χ2n) is 5.60. The number of alkyl halides is 2. The minimum absolute atomic E-state index is 0.248. The van der Waals surface area contributed by atoms with Crippen LogP contribution in [0.5, 0.6) is 0 Å². The topological polar surface area (TPSA) is 58.9 Å². The van der Waals surface area contributed by atoms with Crippen molar-refractivity contribution in [1.29, 1.82) is 0 Å². The van der Waals surface area contributed by atoms with Crippen molar-refractivity contribution >= 4 is 22.6 Å². The van der Waals surface area contributed by atoms with E-state index in [1.807, 2.05) is 0 Å². The average molecular weight is 416 g/mol. The van der Waals surface area contributed by atoms with Crippen LogP contribution in [0.4, 0.5) is 8.78 Å². The van der Waals surface area contributed by atoms with Crippen LogP contribution in [-0.4, -0.2) is 17.5 Å². The Hall–Kier alpha value is -1.28. The second-order valence-corrected chi connectivity index (χ2v) is 6.85. The number of halogens is 3. The number of hydrogen-bond donors (Lipinski definition) is 2. The minimum atomic E-state index is -3.03. The zero-order valence-corrected chi connectivity index (χ0v) is 14.0. The molecule has 1 aromatic heterocycles. The Kier molecular flexibility index (Phi) is 3.84. The van der Waals surface area contributed by atoms with Crippen LogP contribution in [0.15, 0.2) is 35.3 Å². The molecular weight excluding hydrogens is 401 g/mol. The third kappa shape index (κ3) is 2.28. The molecule has 3 nitrogen and oxygen atoms in total. The normalized spacial score (nSPS) is 20.4. The molecule has 0 fully saturated rings. The van der Waals surface area contributed by atoms with Gasteiger partial charge in [-0.3, -0.25) is 4.79 Å². The number of H-pyrrole nitrogens is 1. The third-order valence-corrected chi connectivity index (χ3v) is 5.00. The first-order valence-corrected chi connectivity index (χ1v) is 8.04. The Labute approximate surface area is 140 Å². The molecule has 6 heteroatoms. The molecule has 2 unspecified atom stereocenters. The van der Waals surface area contributed by atoms with Gasteiger partial charge >= 0.3 is 0 Å². The van der Waals surface area contributed by atoms with Crippen molar-refractivity contribution in [1.82, 2.24) is 4.98 Å². The van der Waals surface area contributed by atoms with E-state index in [0.29, 0.717) is 22.3 Å². The standard InChI is InChI=1S/C16H15F2IN2O/c1-8-10-4-5-21-15(22)13(10)12-6-9(19)2-3-11(12)14(8)16(17,18)7-20/h2-6,8,14H,7,20H2,1H3,(H,21,22). The summed E-state index contributed by atoms with van der Waals surface area (Å²) in [5.41, 5.74) is 7.29. The van der Waals surface area contributed by atoms with Crippen molar-refractivity contribution in [3.05, 3.63) is 55.5 Å². The summed E-state index contributed by atoms with van der Waals surface area (Å²) < 4.78 is 29.8. The summed E-state index contributed by atoms with van der Waals surface area (Å²) in [5.74, 6) is -4.54. The van der Waals surface area contributed by atoms with E-state index in [1.165, 1.54) is 6.20 Å². The van der Waals surface area contributed by atoms with E-state index in [-0.39, 0.29) is 5.56 Å². The lowest BCUT2D eigenvalue weighted by molar-refractivity contribution is -0.0256. The highest BCUT2D eigenvalue weighted by molar-refractivity contribution is 14.1. The molecule has 22 heavy (non-hydrogen) atoms. The van der Waals surface area contributed by atoms with Crippen LogP contribution < -0.4 is 11.3 Å². The molecule has 3 rings (SSSR count). The van der Waals surface area contributed by atoms with Crippen molar-refractivity contribution in [2.24, 2.45) is 5.73 Å². The Morgan fingerprint density at radius 1 is 1.32 bits per heavy atom. The molecule has 1 aromatic carbocycles. The molecule has 116 valence electrons. The number of nitrogens with one attached hydrogen (secondary N) is 1. The number of aromatic nitrogens is 1. The summed E-state index contributed by atoms with van der Waals surface area (Å²) in [6.45, 7) is 1.01. The summed E-state index contributed by atoms with van der Waals surface area (Å²) in [6.07, 6.45) is 1.51. The SMILES string of the molecule is CC1c2cc[nH]c(=O)c2-c2cc(I)ccc2C1C(F)(F)CN.